The van der Waals surface area contributed by atoms with Gasteiger partial charge < -0.3 is 19.3 Å². The van der Waals surface area contributed by atoms with Crippen LogP contribution in [0, 0.1) is 0 Å². The first kappa shape index (κ1) is 23.6. The van der Waals surface area contributed by atoms with Crippen molar-refractivity contribution in [1.29, 1.82) is 0 Å². The summed E-state index contributed by atoms with van der Waals surface area (Å²) in [6, 6.07) is 2.19. The Morgan fingerprint density at radius 3 is 2.27 bits per heavy atom. The Morgan fingerprint density at radius 2 is 1.67 bits per heavy atom. The lowest BCUT2D eigenvalue weighted by molar-refractivity contribution is -0.137. The molecule has 180 valence electrons. The minimum atomic E-state index is -4.75. The van der Waals surface area contributed by atoms with E-state index < -0.39 is 28.4 Å². The molecule has 0 spiro atoms. The van der Waals surface area contributed by atoms with Gasteiger partial charge in [-0.1, -0.05) is 0 Å². The van der Waals surface area contributed by atoms with Crippen molar-refractivity contribution in [1.82, 2.24) is 15.0 Å². The second-order valence-electron chi connectivity index (χ2n) is 7.14. The molecule has 0 aliphatic carbocycles. The minimum absolute atomic E-state index is 0.0545. The van der Waals surface area contributed by atoms with Crippen molar-refractivity contribution in [2.75, 3.05) is 62.4 Å². The van der Waals surface area contributed by atoms with Crippen LogP contribution in [0.15, 0.2) is 22.7 Å². The molecule has 0 bridgehead atoms. The fraction of sp³-hybridized carbons (Fsp3) is 0.500. The second kappa shape index (κ2) is 10.1. The lowest BCUT2D eigenvalue weighted by atomic mass is 10.1. The molecule has 2 aliphatic rings. The molecule has 1 atom stereocenters. The van der Waals surface area contributed by atoms with E-state index in [2.05, 4.69) is 23.6 Å². The summed E-state index contributed by atoms with van der Waals surface area (Å²) >= 11 is 0. The Bertz CT molecular complexity index is 1030. The summed E-state index contributed by atoms with van der Waals surface area (Å²) in [5, 5.41) is 0. The van der Waals surface area contributed by atoms with Crippen molar-refractivity contribution in [3.63, 3.8) is 0 Å². The van der Waals surface area contributed by atoms with Gasteiger partial charge in [-0.15, -0.1) is 0 Å². The van der Waals surface area contributed by atoms with Crippen molar-refractivity contribution in [3.05, 3.63) is 23.9 Å². The van der Waals surface area contributed by atoms with E-state index in [4.69, 9.17) is 15.4 Å². The quantitative estimate of drug-likeness (QED) is 0.469. The first-order chi connectivity index (χ1) is 15.8. The lowest BCUT2D eigenvalue weighted by Crippen LogP contribution is -2.39. The third-order valence-electron chi connectivity index (χ3n) is 5.07. The zero-order valence-electron chi connectivity index (χ0n) is 17.4. The van der Waals surface area contributed by atoms with E-state index in [9.17, 15) is 17.4 Å². The maximum absolute atomic E-state index is 13.9. The number of anilines is 2. The smallest absolute Gasteiger partial charge is 0.378 e. The van der Waals surface area contributed by atoms with Gasteiger partial charge in [-0.3, -0.25) is 0 Å². The number of halogens is 3. The van der Waals surface area contributed by atoms with E-state index in [-0.39, 0.29) is 11.3 Å². The summed E-state index contributed by atoms with van der Waals surface area (Å²) in [7, 11) is -2.73. The molecule has 4 rings (SSSR count). The molecule has 0 radical (unpaired) electrons. The molecule has 2 aromatic heterocycles. The van der Waals surface area contributed by atoms with Crippen molar-refractivity contribution < 1.29 is 31.1 Å². The SMILES string of the molecule is NO[SH](=O)=Nc1cc(C(F)(F)F)c(-c2cc(N3CCOCC3)nc(N3CCOCC3)n2)cn1. The molecule has 2 aliphatic heterocycles. The minimum Gasteiger partial charge on any atom is -0.378 e. The number of nitrogens with two attached hydrogens (primary N) is 1. The molecule has 2 N–H and O–H groups in total. The van der Waals surface area contributed by atoms with Gasteiger partial charge in [0.25, 0.3) is 0 Å². The average Bonchev–Trinajstić information content (AvgIpc) is 2.84. The van der Waals surface area contributed by atoms with Gasteiger partial charge >= 0.3 is 6.18 Å². The van der Waals surface area contributed by atoms with Gasteiger partial charge in [0.1, 0.15) is 5.82 Å². The van der Waals surface area contributed by atoms with Crippen LogP contribution in [0.2, 0.25) is 0 Å². The molecular weight excluding hydrogens is 467 g/mol. The Balaban J connectivity index is 1.83. The van der Waals surface area contributed by atoms with Crippen LogP contribution in [0.25, 0.3) is 11.3 Å². The monoisotopic (exact) mass is 489 g/mol. The molecule has 2 saturated heterocycles. The Labute approximate surface area is 189 Å². The van der Waals surface area contributed by atoms with Crippen LogP contribution >= 0.6 is 0 Å². The van der Waals surface area contributed by atoms with Crippen LogP contribution < -0.4 is 15.7 Å². The summed E-state index contributed by atoms with van der Waals surface area (Å²) < 4.78 is 71.5. The highest BCUT2D eigenvalue weighted by molar-refractivity contribution is 7.69. The highest BCUT2D eigenvalue weighted by Gasteiger charge is 2.35. The summed E-state index contributed by atoms with van der Waals surface area (Å²) in [6.45, 7) is 4.03. The molecule has 15 heteroatoms. The van der Waals surface area contributed by atoms with Gasteiger partial charge in [-0.2, -0.15) is 32.7 Å². The van der Waals surface area contributed by atoms with Gasteiger partial charge in [0, 0.05) is 44.0 Å². The van der Waals surface area contributed by atoms with Crippen molar-refractivity contribution >= 4 is 28.5 Å². The van der Waals surface area contributed by atoms with Gasteiger partial charge in [0.2, 0.25) is 5.95 Å². The number of hydrogen-bond acceptors (Lipinski definition) is 11. The molecule has 4 heterocycles. The molecule has 2 fully saturated rings. The Kier molecular flexibility index (Phi) is 7.23. The number of ether oxygens (including phenoxy) is 2. The van der Waals surface area contributed by atoms with Gasteiger partial charge in [0.15, 0.2) is 16.7 Å². The van der Waals surface area contributed by atoms with Crippen LogP contribution in [0.5, 0.6) is 0 Å². The largest absolute Gasteiger partial charge is 0.417 e. The van der Waals surface area contributed by atoms with Crippen LogP contribution in [-0.4, -0.2) is 71.8 Å². The number of thiol groups is 1. The second-order valence-corrected chi connectivity index (χ2v) is 8.03. The zero-order valence-corrected chi connectivity index (χ0v) is 18.3. The predicted octanol–water partition coefficient (Wildman–Crippen LogP) is 1.33. The number of pyridine rings is 1. The van der Waals surface area contributed by atoms with Gasteiger partial charge in [-0.25, -0.2) is 14.2 Å². The predicted molar refractivity (Wildman–Crippen MR) is 113 cm³/mol. The molecule has 11 nitrogen and oxygen atoms in total. The molecule has 33 heavy (non-hydrogen) atoms. The number of aromatic nitrogens is 3. The molecule has 0 amide bonds. The summed E-state index contributed by atoms with van der Waals surface area (Å²) in [5.41, 5.74) is -1.23. The fourth-order valence-electron chi connectivity index (χ4n) is 3.46. The first-order valence-corrected chi connectivity index (χ1v) is 11.2. The normalized spacial score (nSPS) is 18.5. The molecule has 2 aromatic rings. The van der Waals surface area contributed by atoms with Crippen molar-refractivity contribution in [3.8, 4) is 11.3 Å². The standard InChI is InChI=1S/C18H22F3N7O4S/c19-18(20,21)13-9-15(26-33(29)32-22)23-11-12(13)14-10-16(27-1-5-30-6-2-27)25-17(24-14)28-3-7-31-8-4-28/h9-11,33H,1-8,22H2. The van der Waals surface area contributed by atoms with Gasteiger partial charge in [-0.05, 0) is 6.07 Å². The van der Waals surface area contributed by atoms with E-state index in [1.165, 1.54) is 6.07 Å². The number of morpholine rings is 2. The maximum Gasteiger partial charge on any atom is 0.417 e. The Hall–Kier alpha value is -2.59. The fourth-order valence-corrected chi connectivity index (χ4v) is 3.79. The number of alkyl halides is 3. The summed E-state index contributed by atoms with van der Waals surface area (Å²) in [4.78, 5) is 16.7. The van der Waals surface area contributed by atoms with Crippen LogP contribution in [0.1, 0.15) is 5.56 Å². The van der Waals surface area contributed by atoms with Crippen LogP contribution in [0.4, 0.5) is 30.8 Å². The average molecular weight is 489 g/mol. The van der Waals surface area contributed by atoms with Crippen molar-refractivity contribution in [2.45, 2.75) is 6.18 Å². The number of hydrogen-bond donors (Lipinski definition) is 2. The van der Waals surface area contributed by atoms with Crippen LogP contribution in [0.3, 0.4) is 0 Å². The number of nitrogens with zero attached hydrogens (tertiary/aromatic N) is 6. The van der Waals surface area contributed by atoms with E-state index in [0.717, 1.165) is 6.20 Å². The zero-order chi connectivity index (χ0) is 23.4. The molecule has 1 unspecified atom stereocenters. The van der Waals surface area contributed by atoms with Crippen molar-refractivity contribution in [2.24, 2.45) is 10.3 Å². The number of rotatable bonds is 5. The van der Waals surface area contributed by atoms with E-state index >= 15 is 0 Å². The van der Waals surface area contributed by atoms with E-state index in [1.807, 2.05) is 9.80 Å². The highest BCUT2D eigenvalue weighted by atomic mass is 32.2. The van der Waals surface area contributed by atoms with Crippen LogP contribution in [-0.2, 0) is 30.8 Å². The molecule has 0 saturated carbocycles. The van der Waals surface area contributed by atoms with E-state index in [1.54, 1.807) is 0 Å². The summed E-state index contributed by atoms with van der Waals surface area (Å²) in [6.07, 6.45) is -3.75. The third kappa shape index (κ3) is 5.67. The first-order valence-electron chi connectivity index (χ1n) is 10.0. The third-order valence-corrected chi connectivity index (χ3v) is 5.62. The Morgan fingerprint density at radius 1 is 1.03 bits per heavy atom. The molecule has 0 aromatic carbocycles. The lowest BCUT2D eigenvalue weighted by Gasteiger charge is -2.31. The highest BCUT2D eigenvalue weighted by Crippen LogP contribution is 2.39. The summed E-state index contributed by atoms with van der Waals surface area (Å²) in [5.74, 6) is 5.14. The topological polar surface area (TPSA) is 128 Å². The maximum atomic E-state index is 13.9. The van der Waals surface area contributed by atoms with E-state index in [0.29, 0.717) is 70.4 Å². The van der Waals surface area contributed by atoms with Gasteiger partial charge in [0.05, 0.1) is 37.7 Å². The molecular formula is C18H22F3N7O4S.